The van der Waals surface area contributed by atoms with E-state index in [0.29, 0.717) is 5.56 Å². The first-order valence-corrected chi connectivity index (χ1v) is 22.3. The van der Waals surface area contributed by atoms with Crippen molar-refractivity contribution in [3.05, 3.63) is 144 Å². The normalized spacial score (nSPS) is 31.4. The number of carbonyl (C=O) groups excluding carboxylic acids is 7. The first kappa shape index (κ1) is 47.0. The molecule has 67 heavy (non-hydrogen) atoms. The number of amides is 1. The lowest BCUT2D eigenvalue weighted by molar-refractivity contribution is -0.350. The maximum atomic E-state index is 15.1. The van der Waals surface area contributed by atoms with Crippen LogP contribution in [0, 0.1) is 28.6 Å². The Morgan fingerprint density at radius 3 is 1.84 bits per heavy atom. The molecule has 15 heteroatoms. The number of ketones is 2. The van der Waals surface area contributed by atoms with E-state index in [2.05, 4.69) is 5.32 Å². The van der Waals surface area contributed by atoms with E-state index in [1.54, 1.807) is 118 Å². The first-order valence-electron chi connectivity index (χ1n) is 22.3. The van der Waals surface area contributed by atoms with Gasteiger partial charge in [0.25, 0.3) is 5.91 Å². The molecule has 15 nitrogen and oxygen atoms in total. The van der Waals surface area contributed by atoms with Gasteiger partial charge < -0.3 is 39.2 Å². The highest BCUT2D eigenvalue weighted by molar-refractivity contribution is 6.40. The average Bonchev–Trinajstić information content (AvgIpc) is 3.32. The Balaban J connectivity index is 1.26. The van der Waals surface area contributed by atoms with E-state index < -0.39 is 124 Å². The van der Waals surface area contributed by atoms with Crippen molar-refractivity contribution < 1.29 is 67.5 Å². The van der Waals surface area contributed by atoms with Crippen molar-refractivity contribution in [3.8, 4) is 0 Å². The third-order valence-corrected chi connectivity index (χ3v) is 14.7. The van der Waals surface area contributed by atoms with Crippen LogP contribution in [-0.4, -0.2) is 99.9 Å². The maximum Gasteiger partial charge on any atom is 0.350 e. The summed E-state index contributed by atoms with van der Waals surface area (Å²) in [6, 6.07) is 30.8. The molecule has 1 aliphatic heterocycles. The van der Waals surface area contributed by atoms with Crippen LogP contribution in [0.25, 0.3) is 0 Å². The zero-order chi connectivity index (χ0) is 48.1. The highest BCUT2D eigenvalue weighted by Crippen LogP contribution is 2.64. The van der Waals surface area contributed by atoms with E-state index in [1.807, 2.05) is 0 Å². The second-order valence-electron chi connectivity index (χ2n) is 18.8. The Morgan fingerprint density at radius 1 is 0.761 bits per heavy atom. The highest BCUT2D eigenvalue weighted by atomic mass is 16.6. The minimum atomic E-state index is -2.41. The minimum Gasteiger partial charge on any atom is -0.459 e. The summed E-state index contributed by atoms with van der Waals surface area (Å²) in [5, 5.41) is 28.5. The van der Waals surface area contributed by atoms with Crippen molar-refractivity contribution >= 4 is 41.4 Å². The number of fused-ring (bicyclic) bond motifs is 5. The summed E-state index contributed by atoms with van der Waals surface area (Å²) in [4.78, 5) is 100. The molecule has 350 valence electrons. The maximum absolute atomic E-state index is 15.1. The van der Waals surface area contributed by atoms with Crippen LogP contribution in [-0.2, 0) is 42.9 Å². The number of nitrogens with one attached hydrogen (secondary N) is 1. The van der Waals surface area contributed by atoms with Crippen LogP contribution in [0.2, 0.25) is 0 Å². The lowest BCUT2D eigenvalue weighted by Crippen LogP contribution is -2.82. The van der Waals surface area contributed by atoms with Crippen LogP contribution in [0.5, 0.6) is 0 Å². The predicted octanol–water partition coefficient (Wildman–Crippen LogP) is 5.17. The number of aliphatic hydroxyl groups is 2. The SMILES string of the molecule is CC(=O)O[C@@]12CO[C@@H]1C[C@H](O)[C@@]1(C)C(=O)C(=O)C3C(C)[C@@H](OC(=O)[C@H](OC(=O)c4ccccc4)[C@@H](NC(=O)c4ccccc4)c4ccccc4)C[C@@](O)([C@@H](OC(=O)c4ccccc4)C12)C3(C)C. The summed E-state index contributed by atoms with van der Waals surface area (Å²) in [6.07, 6.45) is -8.63. The number of benzene rings is 4. The molecule has 4 aliphatic rings. The second kappa shape index (κ2) is 17.9. The monoisotopic (exact) mass is 915 g/mol. The first-order chi connectivity index (χ1) is 31.8. The lowest BCUT2D eigenvalue weighted by Gasteiger charge is -2.67. The molecule has 8 rings (SSSR count). The summed E-state index contributed by atoms with van der Waals surface area (Å²) in [5.41, 5.74) is -7.25. The molecule has 3 unspecified atom stereocenters. The molecule has 0 aromatic heterocycles. The van der Waals surface area contributed by atoms with E-state index in [-0.39, 0.29) is 29.7 Å². The quantitative estimate of drug-likeness (QED) is 0.101. The van der Waals surface area contributed by atoms with Gasteiger partial charge in [0, 0.05) is 42.6 Å². The standard InChI is InChI=1S/C52H53NO14/c1-29-35(64-48(61)41(65-46(59)33-22-14-8-15-23-33)39(31-18-10-6-11-19-31)53-45(58)32-20-12-7-13-21-32)27-52(62)44(66-47(60)34-24-16-9-17-25-34)42-50(5,43(57)40(56)38(29)49(52,3)4)36(55)26-37-51(42,28-63-37)67-30(2)54/h6-25,29,35-39,41-42,44,55,62H,26-28H2,1-5H3,(H,53,58)/t29?,35-,36-,37+,38?,39-,41+,42?,44-,50+,51-,52+/m0/s1. The number of carbonyl (C=O) groups is 7. The molecule has 4 aromatic carbocycles. The molecule has 3 saturated carbocycles. The summed E-state index contributed by atoms with van der Waals surface area (Å²) in [6.45, 7) is 6.84. The van der Waals surface area contributed by atoms with Crippen LogP contribution in [0.15, 0.2) is 121 Å². The summed E-state index contributed by atoms with van der Waals surface area (Å²) in [7, 11) is 0. The van der Waals surface area contributed by atoms with Gasteiger partial charge in [0.15, 0.2) is 5.60 Å². The van der Waals surface area contributed by atoms with Gasteiger partial charge in [0.1, 0.15) is 30.0 Å². The second-order valence-corrected chi connectivity index (χ2v) is 18.8. The number of rotatable bonds is 11. The summed E-state index contributed by atoms with van der Waals surface area (Å²) >= 11 is 0. The zero-order valence-electron chi connectivity index (χ0n) is 37.7. The Hall–Kier alpha value is -6.55. The summed E-state index contributed by atoms with van der Waals surface area (Å²) < 4.78 is 30.7. The molecule has 12 atom stereocenters. The van der Waals surface area contributed by atoms with Crippen molar-refractivity contribution in [2.24, 2.45) is 28.6 Å². The molecule has 1 heterocycles. The lowest BCUT2D eigenvalue weighted by atomic mass is 9.42. The van der Waals surface area contributed by atoms with Gasteiger partial charge in [-0.15, -0.1) is 0 Å². The van der Waals surface area contributed by atoms with Crippen molar-refractivity contribution in [3.63, 3.8) is 0 Å². The van der Waals surface area contributed by atoms with Crippen LogP contribution in [0.4, 0.5) is 0 Å². The fourth-order valence-corrected chi connectivity index (χ4v) is 11.1. The van der Waals surface area contributed by atoms with Crippen LogP contribution < -0.4 is 5.32 Å². The number of hydrogen-bond acceptors (Lipinski definition) is 14. The topological polar surface area (TPSA) is 218 Å². The number of esters is 4. The molecule has 4 aromatic rings. The third kappa shape index (κ3) is 8.02. The zero-order valence-corrected chi connectivity index (χ0v) is 37.7. The molecule has 2 bridgehead atoms. The van der Waals surface area contributed by atoms with E-state index in [1.165, 1.54) is 31.2 Å². The van der Waals surface area contributed by atoms with E-state index in [9.17, 15) is 29.4 Å². The average molecular weight is 916 g/mol. The molecule has 0 radical (unpaired) electrons. The fourth-order valence-electron chi connectivity index (χ4n) is 11.1. The van der Waals surface area contributed by atoms with E-state index in [4.69, 9.17) is 23.7 Å². The number of Topliss-reactive ketones (excluding diaryl/α,β-unsaturated/α-hetero) is 2. The molecule has 4 fully saturated rings. The molecule has 1 amide bonds. The molecule has 3 aliphatic carbocycles. The molecule has 3 N–H and O–H groups in total. The van der Waals surface area contributed by atoms with Gasteiger partial charge in [0.2, 0.25) is 17.7 Å². The minimum absolute atomic E-state index is 0.0608. The number of hydrogen-bond donors (Lipinski definition) is 3. The van der Waals surface area contributed by atoms with E-state index >= 15 is 14.4 Å². The highest BCUT2D eigenvalue weighted by Gasteiger charge is 2.79. The van der Waals surface area contributed by atoms with Crippen molar-refractivity contribution in [1.29, 1.82) is 0 Å². The van der Waals surface area contributed by atoms with Gasteiger partial charge in [-0.2, -0.15) is 0 Å². The van der Waals surface area contributed by atoms with E-state index in [0.717, 1.165) is 6.92 Å². The van der Waals surface area contributed by atoms with Crippen LogP contribution in [0.1, 0.15) is 90.1 Å². The van der Waals surface area contributed by atoms with Crippen molar-refractivity contribution in [2.75, 3.05) is 6.61 Å². The summed E-state index contributed by atoms with van der Waals surface area (Å²) in [5.74, 6) is -10.6. The predicted molar refractivity (Wildman–Crippen MR) is 237 cm³/mol. The smallest absolute Gasteiger partial charge is 0.350 e. The van der Waals surface area contributed by atoms with Gasteiger partial charge >= 0.3 is 23.9 Å². The van der Waals surface area contributed by atoms with Gasteiger partial charge in [0.05, 0.1) is 35.2 Å². The Bertz CT molecular complexity index is 2550. The number of aliphatic hydroxyl groups excluding tert-OH is 1. The molecular formula is C52H53NO14. The van der Waals surface area contributed by atoms with Crippen LogP contribution in [0.3, 0.4) is 0 Å². The van der Waals surface area contributed by atoms with Gasteiger partial charge in [-0.3, -0.25) is 19.2 Å². The number of ether oxygens (including phenoxy) is 5. The fraction of sp³-hybridized carbons (Fsp3) is 0.404. The van der Waals surface area contributed by atoms with Gasteiger partial charge in [-0.05, 0) is 48.9 Å². The van der Waals surface area contributed by atoms with Gasteiger partial charge in [-0.25, -0.2) is 14.4 Å². The Labute approximate surface area is 387 Å². The molecule has 1 saturated heterocycles. The van der Waals surface area contributed by atoms with Crippen molar-refractivity contribution in [1.82, 2.24) is 5.32 Å². The van der Waals surface area contributed by atoms with Gasteiger partial charge in [-0.1, -0.05) is 106 Å². The Morgan fingerprint density at radius 2 is 1.30 bits per heavy atom. The van der Waals surface area contributed by atoms with Crippen molar-refractivity contribution in [2.45, 2.75) is 95.2 Å². The Kier molecular flexibility index (Phi) is 12.6. The third-order valence-electron chi connectivity index (χ3n) is 14.7. The molecule has 0 spiro atoms. The largest absolute Gasteiger partial charge is 0.459 e. The van der Waals surface area contributed by atoms with Crippen LogP contribution >= 0.6 is 0 Å². The molecular weight excluding hydrogens is 863 g/mol.